The summed E-state index contributed by atoms with van der Waals surface area (Å²) in [6.07, 6.45) is 1.18. The minimum absolute atomic E-state index is 0.0388. The van der Waals surface area contributed by atoms with Gasteiger partial charge in [-0.3, -0.25) is 4.79 Å². The first-order valence-corrected chi connectivity index (χ1v) is 9.66. The molecule has 1 saturated heterocycles. The van der Waals surface area contributed by atoms with E-state index in [1.807, 2.05) is 6.92 Å². The fourth-order valence-electron chi connectivity index (χ4n) is 3.28. The van der Waals surface area contributed by atoms with Gasteiger partial charge >= 0.3 is 0 Å². The van der Waals surface area contributed by atoms with Crippen LogP contribution >= 0.6 is 0 Å². The van der Waals surface area contributed by atoms with E-state index in [0.29, 0.717) is 50.2 Å². The summed E-state index contributed by atoms with van der Waals surface area (Å²) in [4.78, 5) is 18.9. The van der Waals surface area contributed by atoms with E-state index in [4.69, 9.17) is 14.0 Å². The first-order valence-electron chi connectivity index (χ1n) is 9.66. The molecule has 7 nitrogen and oxygen atoms in total. The molecule has 0 N–H and O–H groups in total. The quantitative estimate of drug-likeness (QED) is 0.644. The van der Waals surface area contributed by atoms with Crippen molar-refractivity contribution in [3.8, 4) is 11.4 Å². The average molecular weight is 391 g/mol. The van der Waals surface area contributed by atoms with E-state index >= 15 is 0 Å². The van der Waals surface area contributed by atoms with Gasteiger partial charge in [0.05, 0.1) is 19.1 Å². The Kier molecular flexibility index (Phi) is 7.11. The van der Waals surface area contributed by atoms with Gasteiger partial charge in [0.25, 0.3) is 5.91 Å². The number of hydrogen-bond acceptors (Lipinski definition) is 6. The van der Waals surface area contributed by atoms with Crippen molar-refractivity contribution in [2.75, 3.05) is 32.9 Å². The Morgan fingerprint density at radius 1 is 1.43 bits per heavy atom. The molecule has 3 rings (SSSR count). The maximum atomic E-state index is 13.4. The SMILES string of the molecule is CCOCCOC(C)C(=O)N1CCCC(c2nc(-c3cccc(F)c3)no2)C1. The van der Waals surface area contributed by atoms with Gasteiger partial charge in [-0.15, -0.1) is 0 Å². The Balaban J connectivity index is 1.59. The van der Waals surface area contributed by atoms with E-state index in [1.165, 1.54) is 12.1 Å². The number of benzene rings is 1. The summed E-state index contributed by atoms with van der Waals surface area (Å²) in [7, 11) is 0. The molecule has 1 aromatic carbocycles. The molecule has 8 heteroatoms. The zero-order chi connectivity index (χ0) is 19.9. The molecule has 1 aromatic heterocycles. The number of carbonyl (C=O) groups excluding carboxylic acids is 1. The van der Waals surface area contributed by atoms with Gasteiger partial charge in [0.2, 0.25) is 11.7 Å². The second-order valence-electron chi connectivity index (χ2n) is 6.80. The fraction of sp³-hybridized carbons (Fsp3) is 0.550. The highest BCUT2D eigenvalue weighted by atomic mass is 19.1. The number of carbonyl (C=O) groups is 1. The van der Waals surface area contributed by atoms with Crippen molar-refractivity contribution in [1.29, 1.82) is 0 Å². The van der Waals surface area contributed by atoms with E-state index in [1.54, 1.807) is 24.0 Å². The van der Waals surface area contributed by atoms with Gasteiger partial charge in [-0.05, 0) is 38.8 Å². The molecule has 2 atom stereocenters. The summed E-state index contributed by atoms with van der Waals surface area (Å²) in [5.74, 6) is 0.387. The monoisotopic (exact) mass is 391 g/mol. The third-order valence-electron chi connectivity index (χ3n) is 4.75. The molecule has 0 saturated carbocycles. The molecule has 0 aliphatic carbocycles. The Bertz CT molecular complexity index is 782. The number of amides is 1. The molecule has 0 spiro atoms. The van der Waals surface area contributed by atoms with Crippen molar-refractivity contribution >= 4 is 5.91 Å². The van der Waals surface area contributed by atoms with Crippen molar-refractivity contribution in [2.24, 2.45) is 0 Å². The van der Waals surface area contributed by atoms with Crippen LogP contribution < -0.4 is 0 Å². The molecule has 1 aliphatic heterocycles. The smallest absolute Gasteiger partial charge is 0.251 e. The number of rotatable bonds is 8. The molecular weight excluding hydrogens is 365 g/mol. The molecule has 2 heterocycles. The van der Waals surface area contributed by atoms with E-state index in [2.05, 4.69) is 10.1 Å². The summed E-state index contributed by atoms with van der Waals surface area (Å²) in [5.41, 5.74) is 0.565. The van der Waals surface area contributed by atoms with Crippen molar-refractivity contribution in [2.45, 2.75) is 38.7 Å². The van der Waals surface area contributed by atoms with Crippen LogP contribution in [-0.4, -0.2) is 60.0 Å². The second-order valence-corrected chi connectivity index (χ2v) is 6.80. The van der Waals surface area contributed by atoms with E-state index in [0.717, 1.165) is 12.8 Å². The fourth-order valence-corrected chi connectivity index (χ4v) is 3.28. The summed E-state index contributed by atoms with van der Waals surface area (Å²) in [6.45, 7) is 6.34. The number of hydrogen-bond donors (Lipinski definition) is 0. The van der Waals surface area contributed by atoms with Crippen LogP contribution in [0.25, 0.3) is 11.4 Å². The van der Waals surface area contributed by atoms with Gasteiger partial charge in [0.15, 0.2) is 0 Å². The lowest BCUT2D eigenvalue weighted by molar-refractivity contribution is -0.144. The largest absolute Gasteiger partial charge is 0.379 e. The highest BCUT2D eigenvalue weighted by Gasteiger charge is 2.31. The van der Waals surface area contributed by atoms with Gasteiger partial charge < -0.3 is 18.9 Å². The first kappa shape index (κ1) is 20.4. The second kappa shape index (κ2) is 9.75. The normalized spacial score (nSPS) is 18.2. The molecule has 28 heavy (non-hydrogen) atoms. The zero-order valence-electron chi connectivity index (χ0n) is 16.3. The van der Waals surface area contributed by atoms with Crippen molar-refractivity contribution in [3.05, 3.63) is 36.0 Å². The van der Waals surface area contributed by atoms with Gasteiger partial charge in [0, 0.05) is 25.3 Å². The van der Waals surface area contributed by atoms with Gasteiger partial charge in [0.1, 0.15) is 11.9 Å². The summed E-state index contributed by atoms with van der Waals surface area (Å²) in [5, 5.41) is 3.97. The third kappa shape index (κ3) is 5.14. The molecule has 1 aliphatic rings. The standard InChI is InChI=1S/C20H26FN3O4/c1-3-26-10-11-27-14(2)20(25)24-9-5-7-16(13-24)19-22-18(23-28-19)15-6-4-8-17(21)12-15/h4,6,8,12,14,16H,3,5,7,9-11,13H2,1-2H3. The summed E-state index contributed by atoms with van der Waals surface area (Å²) >= 11 is 0. The highest BCUT2D eigenvalue weighted by molar-refractivity contribution is 5.80. The Labute approximate surface area is 163 Å². The van der Waals surface area contributed by atoms with Crippen molar-refractivity contribution < 1.29 is 23.2 Å². The molecule has 2 aromatic rings. The molecule has 0 bridgehead atoms. The van der Waals surface area contributed by atoms with Crippen LogP contribution in [-0.2, 0) is 14.3 Å². The maximum Gasteiger partial charge on any atom is 0.251 e. The minimum atomic E-state index is -0.523. The molecule has 152 valence electrons. The van der Waals surface area contributed by atoms with E-state index < -0.39 is 6.10 Å². The average Bonchev–Trinajstić information content (AvgIpc) is 3.21. The number of ether oxygens (including phenoxy) is 2. The Morgan fingerprint density at radius 3 is 3.07 bits per heavy atom. The van der Waals surface area contributed by atoms with Crippen LogP contribution in [0.2, 0.25) is 0 Å². The Hall–Kier alpha value is -2.32. The van der Waals surface area contributed by atoms with Crippen LogP contribution in [0.3, 0.4) is 0 Å². The lowest BCUT2D eigenvalue weighted by atomic mass is 9.97. The van der Waals surface area contributed by atoms with Crippen LogP contribution in [0.5, 0.6) is 0 Å². The number of likely N-dealkylation sites (tertiary alicyclic amines) is 1. The molecule has 1 fully saturated rings. The lowest BCUT2D eigenvalue weighted by Crippen LogP contribution is -2.44. The van der Waals surface area contributed by atoms with Gasteiger partial charge in [-0.1, -0.05) is 17.3 Å². The molecule has 2 unspecified atom stereocenters. The number of piperidine rings is 1. The van der Waals surface area contributed by atoms with Crippen LogP contribution in [0.15, 0.2) is 28.8 Å². The first-order chi connectivity index (χ1) is 13.6. The number of nitrogens with zero attached hydrogens (tertiary/aromatic N) is 3. The maximum absolute atomic E-state index is 13.4. The number of halogens is 1. The molecular formula is C20H26FN3O4. The van der Waals surface area contributed by atoms with Crippen LogP contribution in [0.1, 0.15) is 38.5 Å². The van der Waals surface area contributed by atoms with E-state index in [9.17, 15) is 9.18 Å². The summed E-state index contributed by atoms with van der Waals surface area (Å²) < 4.78 is 29.6. The third-order valence-corrected chi connectivity index (χ3v) is 4.75. The Morgan fingerprint density at radius 2 is 2.29 bits per heavy atom. The highest BCUT2D eigenvalue weighted by Crippen LogP contribution is 2.28. The zero-order valence-corrected chi connectivity index (χ0v) is 16.3. The molecule has 1 amide bonds. The predicted molar refractivity (Wildman–Crippen MR) is 100 cm³/mol. The minimum Gasteiger partial charge on any atom is -0.379 e. The van der Waals surface area contributed by atoms with Crippen molar-refractivity contribution in [1.82, 2.24) is 15.0 Å². The molecule has 0 radical (unpaired) electrons. The van der Waals surface area contributed by atoms with E-state index in [-0.39, 0.29) is 17.6 Å². The van der Waals surface area contributed by atoms with Gasteiger partial charge in [-0.25, -0.2) is 4.39 Å². The topological polar surface area (TPSA) is 77.7 Å². The number of aromatic nitrogens is 2. The van der Waals surface area contributed by atoms with Crippen LogP contribution in [0.4, 0.5) is 4.39 Å². The summed E-state index contributed by atoms with van der Waals surface area (Å²) in [6, 6.07) is 6.07. The lowest BCUT2D eigenvalue weighted by Gasteiger charge is -2.32. The van der Waals surface area contributed by atoms with Gasteiger partial charge in [-0.2, -0.15) is 4.98 Å². The van der Waals surface area contributed by atoms with Crippen LogP contribution in [0, 0.1) is 5.82 Å². The predicted octanol–water partition coefficient (Wildman–Crippen LogP) is 3.02. The van der Waals surface area contributed by atoms with Crippen molar-refractivity contribution in [3.63, 3.8) is 0 Å².